The van der Waals surface area contributed by atoms with E-state index >= 15 is 0 Å². The Morgan fingerprint density at radius 1 is 0.967 bits per heavy atom. The van der Waals surface area contributed by atoms with Gasteiger partial charge in [0.1, 0.15) is 5.82 Å². The number of thiazole rings is 1. The van der Waals surface area contributed by atoms with Gasteiger partial charge in [0.15, 0.2) is 5.13 Å². The van der Waals surface area contributed by atoms with Gasteiger partial charge in [-0.3, -0.25) is 9.78 Å². The predicted molar refractivity (Wildman–Crippen MR) is 116 cm³/mol. The molecule has 0 saturated heterocycles. The predicted octanol–water partition coefficient (Wildman–Crippen LogP) is 5.21. The fourth-order valence-corrected chi connectivity index (χ4v) is 4.80. The average molecular weight is 415 g/mol. The highest BCUT2D eigenvalue weighted by atomic mass is 32.1. The summed E-state index contributed by atoms with van der Waals surface area (Å²) >= 11 is 1.31. The third kappa shape index (κ3) is 3.50. The molecule has 0 spiro atoms. The summed E-state index contributed by atoms with van der Waals surface area (Å²) in [6.07, 6.45) is 6.19. The standard InChI is InChI=1S/C24H18FN3OS/c25-18-11-17(12-26-13-18)21-14-27-24(30-21)28-23(29)22-19-7-3-1-5-15(19)9-10-16-6-2-4-8-20(16)22/h1-8,11-14,22H,9-10H2,(H,27,28,29). The molecule has 5 rings (SSSR count). The van der Waals surface area contributed by atoms with Gasteiger partial charge in [-0.25, -0.2) is 9.37 Å². The number of hydrogen-bond acceptors (Lipinski definition) is 4. The summed E-state index contributed by atoms with van der Waals surface area (Å²) in [6, 6.07) is 17.7. The molecular weight excluding hydrogens is 397 g/mol. The van der Waals surface area contributed by atoms with E-state index in [-0.39, 0.29) is 5.91 Å². The first-order chi connectivity index (χ1) is 14.7. The van der Waals surface area contributed by atoms with Gasteiger partial charge < -0.3 is 5.32 Å². The number of carbonyl (C=O) groups is 1. The highest BCUT2D eigenvalue weighted by molar-refractivity contribution is 7.19. The molecule has 1 aliphatic rings. The molecule has 2 aromatic heterocycles. The second kappa shape index (κ2) is 7.80. The molecule has 1 N–H and O–H groups in total. The van der Waals surface area contributed by atoms with Crippen molar-refractivity contribution in [1.82, 2.24) is 9.97 Å². The van der Waals surface area contributed by atoms with E-state index in [1.165, 1.54) is 28.5 Å². The summed E-state index contributed by atoms with van der Waals surface area (Å²) in [7, 11) is 0. The number of fused-ring (bicyclic) bond motifs is 2. The maximum Gasteiger partial charge on any atom is 0.238 e. The number of nitrogens with one attached hydrogen (secondary N) is 1. The van der Waals surface area contributed by atoms with Crippen LogP contribution in [0.25, 0.3) is 10.4 Å². The van der Waals surface area contributed by atoms with Crippen LogP contribution in [0, 0.1) is 5.82 Å². The molecule has 1 amide bonds. The Balaban J connectivity index is 1.48. The third-order valence-electron chi connectivity index (χ3n) is 5.38. The van der Waals surface area contributed by atoms with Crippen LogP contribution in [0.4, 0.5) is 9.52 Å². The first-order valence-electron chi connectivity index (χ1n) is 9.72. The summed E-state index contributed by atoms with van der Waals surface area (Å²) in [5.74, 6) is -0.920. The van der Waals surface area contributed by atoms with Crippen molar-refractivity contribution in [2.24, 2.45) is 0 Å². The lowest BCUT2D eigenvalue weighted by Gasteiger charge is -2.19. The Morgan fingerprint density at radius 2 is 1.63 bits per heavy atom. The number of amides is 1. The first-order valence-corrected chi connectivity index (χ1v) is 10.5. The van der Waals surface area contributed by atoms with Gasteiger partial charge >= 0.3 is 0 Å². The van der Waals surface area contributed by atoms with Crippen LogP contribution >= 0.6 is 11.3 Å². The van der Waals surface area contributed by atoms with Crippen molar-refractivity contribution in [2.45, 2.75) is 18.8 Å². The quantitative estimate of drug-likeness (QED) is 0.500. The third-order valence-corrected chi connectivity index (χ3v) is 6.35. The molecule has 0 saturated carbocycles. The summed E-state index contributed by atoms with van der Waals surface area (Å²) in [5.41, 5.74) is 5.09. The minimum absolute atomic E-state index is 0.116. The van der Waals surface area contributed by atoms with Gasteiger partial charge in [0.05, 0.1) is 17.0 Å². The second-order valence-electron chi connectivity index (χ2n) is 7.24. The molecule has 6 heteroatoms. The van der Waals surface area contributed by atoms with Crippen LogP contribution in [-0.4, -0.2) is 15.9 Å². The number of aryl methyl sites for hydroxylation is 2. The first kappa shape index (κ1) is 18.6. The van der Waals surface area contributed by atoms with Crippen LogP contribution in [-0.2, 0) is 17.6 Å². The number of pyridine rings is 1. The van der Waals surface area contributed by atoms with Gasteiger partial charge in [0, 0.05) is 18.0 Å². The van der Waals surface area contributed by atoms with Gasteiger partial charge in [0.2, 0.25) is 5.91 Å². The Labute approximate surface area is 177 Å². The maximum absolute atomic E-state index is 13.5. The fourth-order valence-electron chi connectivity index (χ4n) is 4.00. The molecule has 0 unspecified atom stereocenters. The van der Waals surface area contributed by atoms with E-state index in [1.807, 2.05) is 36.4 Å². The molecule has 0 bridgehead atoms. The van der Waals surface area contributed by atoms with Gasteiger partial charge in [-0.2, -0.15) is 0 Å². The van der Waals surface area contributed by atoms with Crippen molar-refractivity contribution < 1.29 is 9.18 Å². The number of hydrogen-bond donors (Lipinski definition) is 1. The molecule has 0 radical (unpaired) electrons. The van der Waals surface area contributed by atoms with E-state index in [2.05, 4.69) is 27.4 Å². The molecule has 4 nitrogen and oxygen atoms in total. The summed E-state index contributed by atoms with van der Waals surface area (Å²) in [4.78, 5) is 22.4. The van der Waals surface area contributed by atoms with Gasteiger partial charge in [-0.05, 0) is 41.2 Å². The zero-order valence-electron chi connectivity index (χ0n) is 16.0. The van der Waals surface area contributed by atoms with E-state index in [9.17, 15) is 9.18 Å². The van der Waals surface area contributed by atoms with Crippen LogP contribution in [0.3, 0.4) is 0 Å². The van der Waals surface area contributed by atoms with Crippen molar-refractivity contribution >= 4 is 22.4 Å². The van der Waals surface area contributed by atoms with Gasteiger partial charge in [0.25, 0.3) is 0 Å². The summed E-state index contributed by atoms with van der Waals surface area (Å²) in [5, 5.41) is 3.46. The lowest BCUT2D eigenvalue weighted by atomic mass is 9.87. The average Bonchev–Trinajstić information content (AvgIpc) is 3.15. The number of benzene rings is 2. The van der Waals surface area contributed by atoms with E-state index in [4.69, 9.17) is 0 Å². The topological polar surface area (TPSA) is 54.9 Å². The highest BCUT2D eigenvalue weighted by Gasteiger charge is 2.29. The molecule has 1 aliphatic carbocycles. The molecule has 0 atom stereocenters. The summed E-state index contributed by atoms with van der Waals surface area (Å²) < 4.78 is 13.5. The minimum Gasteiger partial charge on any atom is -0.301 e. The monoisotopic (exact) mass is 415 g/mol. The van der Waals surface area contributed by atoms with Crippen molar-refractivity contribution in [2.75, 3.05) is 5.32 Å². The molecule has 30 heavy (non-hydrogen) atoms. The van der Waals surface area contributed by atoms with E-state index in [0.717, 1.165) is 35.0 Å². The van der Waals surface area contributed by atoms with Crippen molar-refractivity contribution in [1.29, 1.82) is 0 Å². The number of carbonyl (C=O) groups excluding carboxylic acids is 1. The van der Waals surface area contributed by atoms with Crippen LogP contribution in [0.2, 0.25) is 0 Å². The molecule has 2 aromatic carbocycles. The zero-order chi connectivity index (χ0) is 20.5. The lowest BCUT2D eigenvalue weighted by Crippen LogP contribution is -2.23. The molecule has 0 aliphatic heterocycles. The van der Waals surface area contributed by atoms with E-state index in [1.54, 1.807) is 12.4 Å². The van der Waals surface area contributed by atoms with E-state index < -0.39 is 11.7 Å². The molecule has 2 heterocycles. The van der Waals surface area contributed by atoms with Crippen LogP contribution in [0.1, 0.15) is 28.2 Å². The number of nitrogens with zero attached hydrogens (tertiary/aromatic N) is 2. The lowest BCUT2D eigenvalue weighted by molar-refractivity contribution is -0.116. The SMILES string of the molecule is O=C(Nc1ncc(-c2cncc(F)c2)s1)C1c2ccccc2CCc2ccccc21. The van der Waals surface area contributed by atoms with Crippen LogP contribution < -0.4 is 5.32 Å². The number of anilines is 1. The maximum atomic E-state index is 13.5. The largest absolute Gasteiger partial charge is 0.301 e. The smallest absolute Gasteiger partial charge is 0.238 e. The molecule has 4 aromatic rings. The Hall–Kier alpha value is -3.38. The van der Waals surface area contributed by atoms with Gasteiger partial charge in [-0.1, -0.05) is 59.9 Å². The Bertz CT molecular complexity index is 1190. The molecule has 0 fully saturated rings. The highest BCUT2D eigenvalue weighted by Crippen LogP contribution is 2.36. The number of halogens is 1. The van der Waals surface area contributed by atoms with Crippen molar-refractivity contribution in [3.8, 4) is 10.4 Å². The number of aromatic nitrogens is 2. The normalized spacial score (nSPS) is 13.2. The number of rotatable bonds is 3. The Kier molecular flexibility index (Phi) is 4.85. The second-order valence-corrected chi connectivity index (χ2v) is 8.27. The zero-order valence-corrected chi connectivity index (χ0v) is 16.8. The fraction of sp³-hybridized carbons (Fsp3) is 0.125. The van der Waals surface area contributed by atoms with Crippen molar-refractivity contribution in [3.05, 3.63) is 101 Å². The van der Waals surface area contributed by atoms with Crippen LogP contribution in [0.5, 0.6) is 0 Å². The Morgan fingerprint density at radius 3 is 2.30 bits per heavy atom. The van der Waals surface area contributed by atoms with E-state index in [0.29, 0.717) is 10.7 Å². The molecule has 148 valence electrons. The molecular formula is C24H18FN3OS. The van der Waals surface area contributed by atoms with Crippen LogP contribution in [0.15, 0.2) is 73.2 Å². The minimum atomic E-state index is -0.404. The summed E-state index contributed by atoms with van der Waals surface area (Å²) in [6.45, 7) is 0. The van der Waals surface area contributed by atoms with Crippen molar-refractivity contribution in [3.63, 3.8) is 0 Å². The van der Waals surface area contributed by atoms with Gasteiger partial charge in [-0.15, -0.1) is 0 Å².